The maximum absolute atomic E-state index is 14.5. The first-order chi connectivity index (χ1) is 28.2. The zero-order valence-electron chi connectivity index (χ0n) is 35.5. The van der Waals surface area contributed by atoms with Crippen LogP contribution in [0.1, 0.15) is 83.2 Å². The lowest BCUT2D eigenvalue weighted by Gasteiger charge is -2.40. The van der Waals surface area contributed by atoms with E-state index in [1.165, 1.54) is 16.3 Å². The molecule has 6 bridgehead atoms. The van der Waals surface area contributed by atoms with E-state index in [9.17, 15) is 19.2 Å². The van der Waals surface area contributed by atoms with Gasteiger partial charge in [-0.3, -0.25) is 24.4 Å². The number of carbonyl (C=O) groups is 4. The summed E-state index contributed by atoms with van der Waals surface area (Å²) in [5, 5.41) is 8.22. The number of urea groups is 1. The highest BCUT2D eigenvalue weighted by Crippen LogP contribution is 2.42. The Morgan fingerprint density at radius 3 is 2.66 bits per heavy atom. The quantitative estimate of drug-likeness (QED) is 0.205. The minimum atomic E-state index is -1.01. The van der Waals surface area contributed by atoms with Crippen LogP contribution in [0.2, 0.25) is 0 Å². The molecule has 2 N–H and O–H groups in total. The van der Waals surface area contributed by atoms with Gasteiger partial charge in [0.1, 0.15) is 18.1 Å². The van der Waals surface area contributed by atoms with Crippen molar-refractivity contribution in [3.8, 4) is 22.5 Å². The number of esters is 1. The number of hydrogen-bond donors (Lipinski definition) is 2. The van der Waals surface area contributed by atoms with Crippen molar-refractivity contribution in [1.29, 1.82) is 0 Å². The van der Waals surface area contributed by atoms with E-state index in [-0.39, 0.29) is 37.0 Å². The molecule has 1 aromatic carbocycles. The number of hydrogen-bond acceptors (Lipinski definition) is 10. The van der Waals surface area contributed by atoms with E-state index < -0.39 is 35.4 Å². The number of fused-ring (bicyclic) bond motifs is 6. The smallest absolute Gasteiger partial charge is 0.324 e. The van der Waals surface area contributed by atoms with Crippen molar-refractivity contribution < 1.29 is 28.7 Å². The molecule has 7 rings (SSSR count). The predicted molar refractivity (Wildman–Crippen MR) is 227 cm³/mol. The van der Waals surface area contributed by atoms with E-state index in [2.05, 4.69) is 60.3 Å². The zero-order valence-corrected chi connectivity index (χ0v) is 36.4. The van der Waals surface area contributed by atoms with Crippen molar-refractivity contribution in [2.45, 2.75) is 104 Å². The van der Waals surface area contributed by atoms with E-state index in [1.807, 2.05) is 32.2 Å². The van der Waals surface area contributed by atoms with E-state index >= 15 is 0 Å². The van der Waals surface area contributed by atoms with Crippen LogP contribution in [0.3, 0.4) is 0 Å². The second kappa shape index (κ2) is 17.4. The van der Waals surface area contributed by atoms with Crippen LogP contribution in [-0.4, -0.2) is 112 Å². The van der Waals surface area contributed by atoms with Crippen LogP contribution < -0.4 is 10.7 Å². The lowest BCUT2D eigenvalue weighted by molar-refractivity contribution is -0.155. The summed E-state index contributed by atoms with van der Waals surface area (Å²) in [6.45, 7) is 14.5. The summed E-state index contributed by atoms with van der Waals surface area (Å²) in [5.41, 5.74) is 9.42. The number of ether oxygens (including phenoxy) is 2. The first kappa shape index (κ1) is 42.3. The number of pyridine rings is 1. The van der Waals surface area contributed by atoms with Gasteiger partial charge < -0.3 is 29.2 Å². The van der Waals surface area contributed by atoms with E-state index in [0.29, 0.717) is 50.4 Å². The molecule has 316 valence electrons. The van der Waals surface area contributed by atoms with Crippen LogP contribution in [0, 0.1) is 11.3 Å². The first-order valence-corrected chi connectivity index (χ1v) is 21.7. The van der Waals surface area contributed by atoms with Gasteiger partial charge >= 0.3 is 12.0 Å². The number of carbonyl (C=O) groups excluding carboxylic acids is 4. The van der Waals surface area contributed by atoms with Gasteiger partial charge in [0.05, 0.1) is 34.8 Å². The molecule has 2 fully saturated rings. The molecular weight excluding hydrogens is 769 g/mol. The largest absolute Gasteiger partial charge is 0.464 e. The second-order valence-corrected chi connectivity index (χ2v) is 18.2. The molecule has 3 aliphatic rings. The van der Waals surface area contributed by atoms with Crippen molar-refractivity contribution in [1.82, 2.24) is 40.1 Å². The van der Waals surface area contributed by atoms with E-state index in [0.717, 1.165) is 51.1 Å². The van der Waals surface area contributed by atoms with Crippen LogP contribution in [0.4, 0.5) is 4.79 Å². The van der Waals surface area contributed by atoms with Crippen molar-refractivity contribution in [3.63, 3.8) is 0 Å². The van der Waals surface area contributed by atoms with Crippen LogP contribution in [0.25, 0.3) is 33.4 Å². The van der Waals surface area contributed by atoms with Crippen LogP contribution >= 0.6 is 11.3 Å². The number of rotatable bonds is 8. The van der Waals surface area contributed by atoms with Gasteiger partial charge in [-0.15, -0.1) is 11.3 Å². The van der Waals surface area contributed by atoms with Gasteiger partial charge in [0.2, 0.25) is 5.91 Å². The van der Waals surface area contributed by atoms with Crippen molar-refractivity contribution in [3.05, 3.63) is 58.2 Å². The molecular formula is C44H58N8O6S. The number of methoxy groups -OCH3 is 1. The second-order valence-electron chi connectivity index (χ2n) is 17.2. The highest BCUT2D eigenvalue weighted by molar-refractivity contribution is 7.10. The lowest BCUT2D eigenvalue weighted by atomic mass is 9.84. The topological polar surface area (TPSA) is 151 Å². The minimum Gasteiger partial charge on any atom is -0.464 e. The lowest BCUT2D eigenvalue weighted by Crippen LogP contribution is -2.63. The summed E-state index contributed by atoms with van der Waals surface area (Å²) in [6.07, 6.45) is 4.08. The first-order valence-electron chi connectivity index (χ1n) is 20.9. The normalized spacial score (nSPS) is 21.4. The number of aryl methyl sites for hydroxylation is 1. The Kier molecular flexibility index (Phi) is 12.5. The number of nitrogens with one attached hydrogen (secondary N) is 2. The number of nitrogens with zero attached hydrogens (tertiary/aromatic N) is 6. The molecule has 3 aliphatic heterocycles. The molecule has 4 aromatic rings. The third-order valence-corrected chi connectivity index (χ3v) is 12.7. The average Bonchev–Trinajstić information content (AvgIpc) is 3.82. The van der Waals surface area contributed by atoms with Crippen LogP contribution in [-0.2, 0) is 43.2 Å². The fourth-order valence-corrected chi connectivity index (χ4v) is 9.62. The number of hydrazine groups is 1. The molecule has 4 atom stereocenters. The molecule has 0 radical (unpaired) electrons. The number of thiazole rings is 1. The van der Waals surface area contributed by atoms with Crippen molar-refractivity contribution in [2.75, 3.05) is 40.4 Å². The standard InChI is InChI=1S/C44H58N8O6S/c1-9-50-35-16-15-28-21-30(35)31(39(50)29-13-10-17-45-37(29)27(4)57-8)23-44(5,6)25-58-42(55)32-14-11-20-52(48-32)41(54)33(22-36-46-34(28)24-59-36)47-40(53)38(26(2)3)51-19-12-18-49(7)43(51)56/h10,13,15-17,21,24,26-27,32-33,38,48H,9,11-12,14,18-20,22-23,25H2,1-8H3,(H,47,53)/t27-,32-,33-,38-/m0/s1. The molecule has 4 amide bonds. The Morgan fingerprint density at radius 2 is 1.92 bits per heavy atom. The summed E-state index contributed by atoms with van der Waals surface area (Å²) in [4.78, 5) is 68.9. The summed E-state index contributed by atoms with van der Waals surface area (Å²) in [7, 11) is 3.43. The van der Waals surface area contributed by atoms with Gasteiger partial charge in [-0.25, -0.2) is 15.2 Å². The Labute approximate surface area is 350 Å². The minimum absolute atomic E-state index is 0.126. The van der Waals surface area contributed by atoms with E-state index in [1.54, 1.807) is 30.2 Å². The molecule has 0 spiro atoms. The van der Waals surface area contributed by atoms with Crippen LogP contribution in [0.15, 0.2) is 41.9 Å². The molecule has 0 saturated carbocycles. The van der Waals surface area contributed by atoms with Gasteiger partial charge in [-0.05, 0) is 75.3 Å². The number of cyclic esters (lactones) is 1. The summed E-state index contributed by atoms with van der Waals surface area (Å²) < 4.78 is 14.2. The summed E-state index contributed by atoms with van der Waals surface area (Å²) >= 11 is 1.43. The molecule has 3 aromatic heterocycles. The zero-order chi connectivity index (χ0) is 42.2. The molecule has 59 heavy (non-hydrogen) atoms. The van der Waals surface area contributed by atoms with Gasteiger partial charge in [-0.1, -0.05) is 33.8 Å². The predicted octanol–water partition coefficient (Wildman–Crippen LogP) is 5.98. The third kappa shape index (κ3) is 8.60. The highest BCUT2D eigenvalue weighted by atomic mass is 32.1. The molecule has 14 nitrogen and oxygen atoms in total. The Hall–Kier alpha value is -4.86. The maximum Gasteiger partial charge on any atom is 0.324 e. The highest BCUT2D eigenvalue weighted by Gasteiger charge is 2.40. The fourth-order valence-electron chi connectivity index (χ4n) is 8.77. The SMILES string of the molecule is CCn1c(-c2cccnc2[C@H](C)OC)c2c3cc(ccc31)-c1csc(n1)C[C@H](NC(=O)[C@H](C(C)C)N1CCCN(C)C1=O)C(=O)N1CCC[C@H](N1)C(=O)OCC(C)(C)C2. The molecule has 15 heteroatoms. The Balaban J connectivity index is 1.32. The number of aromatic nitrogens is 3. The van der Waals surface area contributed by atoms with Gasteiger partial charge in [-0.2, -0.15) is 0 Å². The number of amides is 4. The van der Waals surface area contributed by atoms with Gasteiger partial charge in [0.15, 0.2) is 0 Å². The molecule has 2 saturated heterocycles. The summed E-state index contributed by atoms with van der Waals surface area (Å²) in [5.74, 6) is -1.42. The maximum atomic E-state index is 14.5. The van der Waals surface area contributed by atoms with Gasteiger partial charge in [0.25, 0.3) is 5.91 Å². The summed E-state index contributed by atoms with van der Waals surface area (Å²) in [6, 6.07) is 7.71. The van der Waals surface area contributed by atoms with Crippen molar-refractivity contribution in [2.24, 2.45) is 11.3 Å². The average molecular weight is 827 g/mol. The van der Waals surface area contributed by atoms with E-state index in [4.69, 9.17) is 19.4 Å². The monoisotopic (exact) mass is 826 g/mol. The third-order valence-electron chi connectivity index (χ3n) is 11.9. The Morgan fingerprint density at radius 1 is 1.12 bits per heavy atom. The molecule has 0 unspecified atom stereocenters. The molecule has 6 heterocycles. The Bertz CT molecular complexity index is 2220. The fraction of sp³-hybridized carbons (Fsp3) is 0.545. The number of benzene rings is 1. The van der Waals surface area contributed by atoms with Gasteiger partial charge in [0, 0.05) is 85.8 Å². The molecule has 0 aliphatic carbocycles. The van der Waals surface area contributed by atoms with Crippen LogP contribution in [0.5, 0.6) is 0 Å². The van der Waals surface area contributed by atoms with Crippen molar-refractivity contribution >= 4 is 46.1 Å².